The SMILES string of the molecule is Cc1ccc(C)c(C2C[C]=NO2)c1. The molecule has 0 aromatic heterocycles. The van der Waals surface area contributed by atoms with E-state index in [-0.39, 0.29) is 6.10 Å². The molecule has 1 radical (unpaired) electrons. The summed E-state index contributed by atoms with van der Waals surface area (Å²) in [6, 6.07) is 6.38. The van der Waals surface area contributed by atoms with Crippen molar-refractivity contribution < 1.29 is 4.84 Å². The Bertz CT molecular complexity index is 336. The van der Waals surface area contributed by atoms with Gasteiger partial charge in [-0.25, -0.2) is 0 Å². The lowest BCUT2D eigenvalue weighted by atomic mass is 9.99. The molecule has 0 spiro atoms. The topological polar surface area (TPSA) is 21.6 Å². The first kappa shape index (κ1) is 8.30. The van der Waals surface area contributed by atoms with Crippen molar-refractivity contribution in [1.82, 2.24) is 0 Å². The van der Waals surface area contributed by atoms with Crippen molar-refractivity contribution in [3.8, 4) is 0 Å². The van der Waals surface area contributed by atoms with Crippen LogP contribution >= 0.6 is 0 Å². The van der Waals surface area contributed by atoms with Crippen LogP contribution in [0.5, 0.6) is 0 Å². The molecule has 1 aliphatic heterocycles. The summed E-state index contributed by atoms with van der Waals surface area (Å²) in [7, 11) is 0. The van der Waals surface area contributed by atoms with Gasteiger partial charge in [0.25, 0.3) is 0 Å². The highest BCUT2D eigenvalue weighted by Crippen LogP contribution is 2.27. The average molecular weight is 174 g/mol. The van der Waals surface area contributed by atoms with E-state index in [1.54, 1.807) is 0 Å². The van der Waals surface area contributed by atoms with E-state index in [1.807, 2.05) is 0 Å². The van der Waals surface area contributed by atoms with Gasteiger partial charge in [0.2, 0.25) is 0 Å². The minimum absolute atomic E-state index is 0.0832. The summed E-state index contributed by atoms with van der Waals surface area (Å²) in [4.78, 5) is 5.19. The molecule has 0 saturated carbocycles. The molecule has 0 amide bonds. The summed E-state index contributed by atoms with van der Waals surface area (Å²) in [5.74, 6) is 0. The Morgan fingerprint density at radius 3 is 3.00 bits per heavy atom. The molecule has 1 heterocycles. The molecule has 0 bridgehead atoms. The lowest BCUT2D eigenvalue weighted by molar-refractivity contribution is 0.0853. The van der Waals surface area contributed by atoms with Crippen LogP contribution in [-0.4, -0.2) is 6.21 Å². The molecule has 67 valence electrons. The minimum atomic E-state index is 0.0832. The van der Waals surface area contributed by atoms with Gasteiger partial charge in [-0.2, -0.15) is 0 Å². The molecule has 2 nitrogen and oxygen atoms in total. The predicted molar refractivity (Wildman–Crippen MR) is 51.8 cm³/mol. The number of rotatable bonds is 1. The third kappa shape index (κ3) is 1.57. The maximum absolute atomic E-state index is 5.19. The number of hydrogen-bond donors (Lipinski definition) is 0. The molecule has 13 heavy (non-hydrogen) atoms. The molecule has 1 unspecified atom stereocenters. The maximum atomic E-state index is 5.19. The highest BCUT2D eigenvalue weighted by molar-refractivity contribution is 5.59. The Morgan fingerprint density at radius 2 is 2.31 bits per heavy atom. The van der Waals surface area contributed by atoms with Gasteiger partial charge in [-0.1, -0.05) is 28.9 Å². The minimum Gasteiger partial charge on any atom is -0.387 e. The monoisotopic (exact) mass is 174 g/mol. The molecule has 0 N–H and O–H groups in total. The number of benzene rings is 1. The molecular formula is C11H12NO. The summed E-state index contributed by atoms with van der Waals surface area (Å²) in [5.41, 5.74) is 3.75. The zero-order valence-corrected chi connectivity index (χ0v) is 7.87. The smallest absolute Gasteiger partial charge is 0.158 e. The van der Waals surface area contributed by atoms with E-state index in [2.05, 4.69) is 43.4 Å². The van der Waals surface area contributed by atoms with E-state index < -0.39 is 0 Å². The van der Waals surface area contributed by atoms with Crippen LogP contribution in [0, 0.1) is 13.8 Å². The van der Waals surface area contributed by atoms with Gasteiger partial charge in [0.15, 0.2) is 6.10 Å². The molecular weight excluding hydrogens is 162 g/mol. The van der Waals surface area contributed by atoms with E-state index in [0.717, 1.165) is 6.42 Å². The van der Waals surface area contributed by atoms with Crippen molar-refractivity contribution in [2.75, 3.05) is 0 Å². The van der Waals surface area contributed by atoms with Crippen LogP contribution in [0.25, 0.3) is 0 Å². The Labute approximate surface area is 78.2 Å². The average Bonchev–Trinajstić information content (AvgIpc) is 2.61. The fraction of sp³-hybridized carbons (Fsp3) is 0.364. The third-order valence-electron chi connectivity index (χ3n) is 2.30. The number of nitrogens with zero attached hydrogens (tertiary/aromatic N) is 1. The molecule has 0 fully saturated rings. The van der Waals surface area contributed by atoms with Crippen LogP contribution in [0.15, 0.2) is 23.4 Å². The van der Waals surface area contributed by atoms with Crippen molar-refractivity contribution in [3.05, 3.63) is 34.9 Å². The Hall–Kier alpha value is -1.31. The molecule has 1 aromatic rings. The Kier molecular flexibility index (Phi) is 2.05. The molecule has 2 heteroatoms. The van der Waals surface area contributed by atoms with Gasteiger partial charge in [-0.15, -0.1) is 0 Å². The summed E-state index contributed by atoms with van der Waals surface area (Å²) in [5, 5.41) is 3.66. The second-order valence-corrected chi connectivity index (χ2v) is 3.41. The first-order chi connectivity index (χ1) is 6.27. The summed E-state index contributed by atoms with van der Waals surface area (Å²) < 4.78 is 0. The zero-order valence-electron chi connectivity index (χ0n) is 7.87. The molecule has 0 saturated heterocycles. The van der Waals surface area contributed by atoms with Crippen LogP contribution < -0.4 is 0 Å². The first-order valence-electron chi connectivity index (χ1n) is 4.43. The first-order valence-corrected chi connectivity index (χ1v) is 4.43. The Morgan fingerprint density at radius 1 is 1.46 bits per heavy atom. The summed E-state index contributed by atoms with van der Waals surface area (Å²) in [6.07, 6.45) is 3.67. The second-order valence-electron chi connectivity index (χ2n) is 3.41. The zero-order chi connectivity index (χ0) is 9.26. The van der Waals surface area contributed by atoms with Gasteiger partial charge in [-0.05, 0) is 25.0 Å². The largest absolute Gasteiger partial charge is 0.387 e. The standard InChI is InChI=1S/C11H12NO/c1-8-3-4-9(2)10(7-8)11-5-6-12-13-11/h3-4,7,11H,5H2,1-2H3. The van der Waals surface area contributed by atoms with Gasteiger partial charge in [0.1, 0.15) is 6.21 Å². The Balaban J connectivity index is 2.33. The maximum Gasteiger partial charge on any atom is 0.158 e. The summed E-state index contributed by atoms with van der Waals surface area (Å²) >= 11 is 0. The van der Waals surface area contributed by atoms with Gasteiger partial charge in [0.05, 0.1) is 0 Å². The van der Waals surface area contributed by atoms with Crippen LogP contribution in [0.2, 0.25) is 0 Å². The highest BCUT2D eigenvalue weighted by Gasteiger charge is 2.18. The highest BCUT2D eigenvalue weighted by atomic mass is 16.6. The van der Waals surface area contributed by atoms with Gasteiger partial charge < -0.3 is 4.84 Å². The van der Waals surface area contributed by atoms with E-state index in [4.69, 9.17) is 4.84 Å². The van der Waals surface area contributed by atoms with E-state index in [1.165, 1.54) is 16.7 Å². The van der Waals surface area contributed by atoms with Gasteiger partial charge >= 0.3 is 0 Å². The van der Waals surface area contributed by atoms with Gasteiger partial charge in [-0.3, -0.25) is 0 Å². The van der Waals surface area contributed by atoms with Crippen LogP contribution in [0.4, 0.5) is 0 Å². The quantitative estimate of drug-likeness (QED) is 0.641. The third-order valence-corrected chi connectivity index (χ3v) is 2.30. The fourth-order valence-corrected chi connectivity index (χ4v) is 1.53. The van der Waals surface area contributed by atoms with Crippen molar-refractivity contribution in [2.45, 2.75) is 26.4 Å². The second kappa shape index (κ2) is 3.21. The van der Waals surface area contributed by atoms with Gasteiger partial charge in [0, 0.05) is 6.42 Å². The van der Waals surface area contributed by atoms with Crippen molar-refractivity contribution >= 4 is 6.21 Å². The lowest BCUT2D eigenvalue weighted by Crippen LogP contribution is -1.99. The lowest BCUT2D eigenvalue weighted by Gasteiger charge is -2.11. The fourth-order valence-electron chi connectivity index (χ4n) is 1.53. The molecule has 1 atom stereocenters. The van der Waals surface area contributed by atoms with Crippen LogP contribution in [-0.2, 0) is 4.84 Å². The van der Waals surface area contributed by atoms with E-state index in [0.29, 0.717) is 0 Å². The van der Waals surface area contributed by atoms with Crippen LogP contribution in [0.1, 0.15) is 29.2 Å². The molecule has 0 aliphatic carbocycles. The molecule has 1 aliphatic rings. The summed E-state index contributed by atoms with van der Waals surface area (Å²) in [6.45, 7) is 4.18. The predicted octanol–water partition coefficient (Wildman–Crippen LogP) is 2.63. The number of hydrogen-bond acceptors (Lipinski definition) is 2. The van der Waals surface area contributed by atoms with Crippen molar-refractivity contribution in [1.29, 1.82) is 0 Å². The van der Waals surface area contributed by atoms with E-state index in [9.17, 15) is 0 Å². The van der Waals surface area contributed by atoms with Crippen LogP contribution in [0.3, 0.4) is 0 Å². The van der Waals surface area contributed by atoms with Crippen molar-refractivity contribution in [2.24, 2.45) is 5.16 Å². The molecule has 1 aromatic carbocycles. The van der Waals surface area contributed by atoms with E-state index >= 15 is 0 Å². The number of aryl methyl sites for hydroxylation is 2. The molecule has 2 rings (SSSR count). The normalized spacial score (nSPS) is 20.3. The van der Waals surface area contributed by atoms with Crippen molar-refractivity contribution in [3.63, 3.8) is 0 Å².